The maximum absolute atomic E-state index is 6.08. The predicted octanol–water partition coefficient (Wildman–Crippen LogP) is 3.85. The van der Waals surface area contributed by atoms with Crippen LogP contribution < -0.4 is 10.5 Å². The van der Waals surface area contributed by atoms with Gasteiger partial charge in [0.25, 0.3) is 0 Å². The number of hydrogen-bond donors (Lipinski definition) is 1. The molecule has 0 saturated heterocycles. The van der Waals surface area contributed by atoms with Crippen LogP contribution in [0.1, 0.15) is 23.6 Å². The van der Waals surface area contributed by atoms with Crippen molar-refractivity contribution in [3.63, 3.8) is 0 Å². The van der Waals surface area contributed by atoms with E-state index in [0.29, 0.717) is 6.54 Å². The third kappa shape index (κ3) is 3.36. The molecule has 0 bridgehead atoms. The van der Waals surface area contributed by atoms with Gasteiger partial charge in [0.2, 0.25) is 0 Å². The van der Waals surface area contributed by atoms with Crippen molar-refractivity contribution < 1.29 is 4.74 Å². The third-order valence-corrected chi connectivity index (χ3v) is 3.26. The third-order valence-electron chi connectivity index (χ3n) is 3.26. The van der Waals surface area contributed by atoms with E-state index in [4.69, 9.17) is 10.5 Å². The lowest BCUT2D eigenvalue weighted by atomic mass is 10.1. The molecule has 0 aliphatic rings. The van der Waals surface area contributed by atoms with E-state index in [-0.39, 0.29) is 0 Å². The van der Waals surface area contributed by atoms with E-state index in [0.717, 1.165) is 29.9 Å². The molecule has 0 spiro atoms. The Morgan fingerprint density at radius 1 is 1.05 bits per heavy atom. The highest BCUT2D eigenvalue weighted by Gasteiger charge is 2.06. The fraction of sp³-hybridized carbons (Fsp3) is 0.294. The van der Waals surface area contributed by atoms with Crippen LogP contribution in [0.15, 0.2) is 42.5 Å². The van der Waals surface area contributed by atoms with Crippen LogP contribution in [0.5, 0.6) is 11.5 Å². The van der Waals surface area contributed by atoms with E-state index in [1.165, 1.54) is 11.1 Å². The fourth-order valence-corrected chi connectivity index (χ4v) is 2.09. The molecule has 0 amide bonds. The molecule has 0 atom stereocenters. The summed E-state index contributed by atoms with van der Waals surface area (Å²) in [4.78, 5) is 0. The second-order valence-corrected chi connectivity index (χ2v) is 4.70. The SMILES string of the molecule is CCc1ccccc1Oc1cc(CCN)ccc1C. The summed E-state index contributed by atoms with van der Waals surface area (Å²) in [6, 6.07) is 14.5. The quantitative estimate of drug-likeness (QED) is 0.880. The first-order valence-electron chi connectivity index (χ1n) is 6.80. The van der Waals surface area contributed by atoms with Crippen LogP contribution in [-0.4, -0.2) is 6.54 Å². The summed E-state index contributed by atoms with van der Waals surface area (Å²) in [6.45, 7) is 4.87. The van der Waals surface area contributed by atoms with Crippen LogP contribution in [0.25, 0.3) is 0 Å². The maximum atomic E-state index is 6.08. The van der Waals surface area contributed by atoms with Crippen LogP contribution in [0.4, 0.5) is 0 Å². The predicted molar refractivity (Wildman–Crippen MR) is 79.8 cm³/mol. The van der Waals surface area contributed by atoms with E-state index >= 15 is 0 Å². The van der Waals surface area contributed by atoms with Gasteiger partial charge in [-0.2, -0.15) is 0 Å². The highest BCUT2D eigenvalue weighted by molar-refractivity contribution is 5.42. The average molecular weight is 255 g/mol. The molecule has 0 saturated carbocycles. The zero-order valence-electron chi connectivity index (χ0n) is 11.6. The number of nitrogens with two attached hydrogens (primary N) is 1. The number of aryl methyl sites for hydroxylation is 2. The summed E-state index contributed by atoms with van der Waals surface area (Å²) in [5, 5.41) is 0. The number of benzene rings is 2. The Labute approximate surface area is 115 Å². The minimum absolute atomic E-state index is 0.661. The number of para-hydroxylation sites is 1. The van der Waals surface area contributed by atoms with E-state index < -0.39 is 0 Å². The standard InChI is InChI=1S/C17H21NO/c1-3-15-6-4-5-7-16(15)19-17-12-14(10-11-18)9-8-13(17)2/h4-9,12H,3,10-11,18H2,1-2H3. The molecule has 100 valence electrons. The van der Waals surface area contributed by atoms with Crippen molar-refractivity contribution in [3.05, 3.63) is 59.2 Å². The number of ether oxygens (including phenoxy) is 1. The zero-order valence-corrected chi connectivity index (χ0v) is 11.6. The van der Waals surface area contributed by atoms with Crippen molar-refractivity contribution in [2.24, 2.45) is 5.73 Å². The topological polar surface area (TPSA) is 35.2 Å². The first kappa shape index (κ1) is 13.6. The molecule has 2 aromatic carbocycles. The van der Waals surface area contributed by atoms with Crippen LogP contribution in [-0.2, 0) is 12.8 Å². The molecule has 2 aromatic rings. The first-order chi connectivity index (χ1) is 9.24. The molecule has 0 fully saturated rings. The van der Waals surface area contributed by atoms with E-state index in [1.54, 1.807) is 0 Å². The minimum Gasteiger partial charge on any atom is -0.457 e. The average Bonchev–Trinajstić information content (AvgIpc) is 2.43. The summed E-state index contributed by atoms with van der Waals surface area (Å²) in [5.41, 5.74) is 9.20. The molecule has 0 heterocycles. The zero-order chi connectivity index (χ0) is 13.7. The molecule has 2 rings (SSSR count). The second kappa shape index (κ2) is 6.39. The first-order valence-corrected chi connectivity index (χ1v) is 6.80. The highest BCUT2D eigenvalue weighted by atomic mass is 16.5. The lowest BCUT2D eigenvalue weighted by Crippen LogP contribution is -2.03. The monoisotopic (exact) mass is 255 g/mol. The van der Waals surface area contributed by atoms with Crippen LogP contribution in [0.3, 0.4) is 0 Å². The van der Waals surface area contributed by atoms with Crippen molar-refractivity contribution in [1.82, 2.24) is 0 Å². The molecule has 0 radical (unpaired) electrons. The van der Waals surface area contributed by atoms with Crippen LogP contribution >= 0.6 is 0 Å². The van der Waals surface area contributed by atoms with E-state index in [1.807, 2.05) is 18.2 Å². The Morgan fingerprint density at radius 3 is 2.58 bits per heavy atom. The fourth-order valence-electron chi connectivity index (χ4n) is 2.09. The Hall–Kier alpha value is -1.80. The van der Waals surface area contributed by atoms with Gasteiger partial charge in [0.1, 0.15) is 11.5 Å². The van der Waals surface area contributed by atoms with Crippen molar-refractivity contribution in [1.29, 1.82) is 0 Å². The molecule has 2 nitrogen and oxygen atoms in total. The van der Waals surface area contributed by atoms with Crippen molar-refractivity contribution >= 4 is 0 Å². The van der Waals surface area contributed by atoms with Gasteiger partial charge in [-0.1, -0.05) is 37.3 Å². The normalized spacial score (nSPS) is 10.5. The largest absolute Gasteiger partial charge is 0.457 e. The maximum Gasteiger partial charge on any atom is 0.130 e. The van der Waals surface area contributed by atoms with Gasteiger partial charge in [0.15, 0.2) is 0 Å². The van der Waals surface area contributed by atoms with Gasteiger partial charge in [0.05, 0.1) is 0 Å². The molecule has 19 heavy (non-hydrogen) atoms. The van der Waals surface area contributed by atoms with Crippen LogP contribution in [0, 0.1) is 6.92 Å². The van der Waals surface area contributed by atoms with Gasteiger partial charge >= 0.3 is 0 Å². The Kier molecular flexibility index (Phi) is 4.58. The van der Waals surface area contributed by atoms with Gasteiger partial charge in [-0.05, 0) is 55.1 Å². The second-order valence-electron chi connectivity index (χ2n) is 4.70. The molecule has 0 unspecified atom stereocenters. The molecule has 2 N–H and O–H groups in total. The lowest BCUT2D eigenvalue weighted by molar-refractivity contribution is 0.472. The van der Waals surface area contributed by atoms with Gasteiger partial charge in [-0.25, -0.2) is 0 Å². The smallest absolute Gasteiger partial charge is 0.130 e. The van der Waals surface area contributed by atoms with Gasteiger partial charge < -0.3 is 10.5 Å². The summed E-state index contributed by atoms with van der Waals surface area (Å²) < 4.78 is 6.08. The molecule has 0 aliphatic carbocycles. The number of rotatable bonds is 5. The van der Waals surface area contributed by atoms with Gasteiger partial charge in [0, 0.05) is 0 Å². The van der Waals surface area contributed by atoms with Gasteiger partial charge in [-0.15, -0.1) is 0 Å². The number of hydrogen-bond acceptors (Lipinski definition) is 2. The van der Waals surface area contributed by atoms with E-state index in [2.05, 4.69) is 38.1 Å². The molecular formula is C17H21NO. The van der Waals surface area contributed by atoms with Crippen molar-refractivity contribution in [3.8, 4) is 11.5 Å². The summed E-state index contributed by atoms with van der Waals surface area (Å²) in [5.74, 6) is 1.87. The highest BCUT2D eigenvalue weighted by Crippen LogP contribution is 2.29. The van der Waals surface area contributed by atoms with Gasteiger partial charge in [-0.3, -0.25) is 0 Å². The Bertz CT molecular complexity index is 549. The van der Waals surface area contributed by atoms with Crippen LogP contribution in [0.2, 0.25) is 0 Å². The molecule has 0 aliphatic heterocycles. The Morgan fingerprint density at radius 2 is 1.84 bits per heavy atom. The molecule has 2 heteroatoms. The minimum atomic E-state index is 0.661. The summed E-state index contributed by atoms with van der Waals surface area (Å²) >= 11 is 0. The van der Waals surface area contributed by atoms with Crippen molar-refractivity contribution in [2.45, 2.75) is 26.7 Å². The molecular weight excluding hydrogens is 234 g/mol. The summed E-state index contributed by atoms with van der Waals surface area (Å²) in [6.07, 6.45) is 1.85. The van der Waals surface area contributed by atoms with E-state index in [9.17, 15) is 0 Å². The van der Waals surface area contributed by atoms with Crippen molar-refractivity contribution in [2.75, 3.05) is 6.54 Å². The Balaban J connectivity index is 2.29. The lowest BCUT2D eigenvalue weighted by Gasteiger charge is -2.13. The summed E-state index contributed by atoms with van der Waals surface area (Å²) in [7, 11) is 0. The molecule has 0 aromatic heterocycles.